The first-order valence-electron chi connectivity index (χ1n) is 7.85. The molecule has 6 nitrogen and oxygen atoms in total. The number of benzene rings is 1. The van der Waals surface area contributed by atoms with Crippen LogP contribution in [-0.4, -0.2) is 55.6 Å². The van der Waals surface area contributed by atoms with Crippen LogP contribution < -0.4 is 4.74 Å². The topological polar surface area (TPSA) is 69.7 Å². The van der Waals surface area contributed by atoms with Gasteiger partial charge >= 0.3 is 0 Å². The highest BCUT2D eigenvalue weighted by molar-refractivity contribution is 5.26. The smallest absolute Gasteiger partial charge is 0.164 e. The summed E-state index contributed by atoms with van der Waals surface area (Å²) in [6.07, 6.45) is -0.680. The Labute approximate surface area is 136 Å². The van der Waals surface area contributed by atoms with Crippen molar-refractivity contribution in [1.82, 2.24) is 0 Å². The van der Waals surface area contributed by atoms with Gasteiger partial charge in [0, 0.05) is 0 Å². The number of hydrogen-bond donors (Lipinski definition) is 1. The molecule has 0 aliphatic carbocycles. The number of aliphatic hydroxyl groups is 1. The summed E-state index contributed by atoms with van der Waals surface area (Å²) in [6, 6.07) is 7.75. The molecular weight excluding hydrogens is 300 g/mol. The van der Waals surface area contributed by atoms with E-state index in [1.807, 2.05) is 38.1 Å². The SMILES string of the molecule is COc1ccc(COC[C@@H]2OC(C)(C)O[C@H]2[C@@H]2O[C@H]2CO)cc1. The van der Waals surface area contributed by atoms with E-state index in [4.69, 9.17) is 28.8 Å². The lowest BCUT2D eigenvalue weighted by Crippen LogP contribution is -2.33. The second-order valence-corrected chi connectivity index (χ2v) is 6.32. The third kappa shape index (κ3) is 4.02. The summed E-state index contributed by atoms with van der Waals surface area (Å²) in [5, 5.41) is 9.16. The zero-order valence-electron chi connectivity index (χ0n) is 13.7. The average Bonchev–Trinajstić information content (AvgIpc) is 3.25. The van der Waals surface area contributed by atoms with Gasteiger partial charge in [-0.05, 0) is 31.5 Å². The molecule has 3 rings (SSSR count). The van der Waals surface area contributed by atoms with Crippen molar-refractivity contribution >= 4 is 0 Å². The molecule has 2 heterocycles. The predicted molar refractivity (Wildman–Crippen MR) is 82.2 cm³/mol. The maximum Gasteiger partial charge on any atom is 0.164 e. The van der Waals surface area contributed by atoms with E-state index in [1.165, 1.54) is 0 Å². The predicted octanol–water partition coefficient (Wildman–Crippen LogP) is 1.49. The maximum atomic E-state index is 9.16. The number of methoxy groups -OCH3 is 1. The van der Waals surface area contributed by atoms with Gasteiger partial charge in [-0.25, -0.2) is 0 Å². The molecule has 0 amide bonds. The van der Waals surface area contributed by atoms with Crippen LogP contribution in [0.25, 0.3) is 0 Å². The molecule has 2 aliphatic heterocycles. The van der Waals surface area contributed by atoms with Gasteiger partial charge in [0.15, 0.2) is 5.79 Å². The summed E-state index contributed by atoms with van der Waals surface area (Å²) in [4.78, 5) is 0. The molecule has 0 spiro atoms. The van der Waals surface area contributed by atoms with Crippen molar-refractivity contribution < 1.29 is 28.8 Å². The molecule has 0 bridgehead atoms. The molecule has 0 saturated carbocycles. The third-order valence-corrected chi connectivity index (χ3v) is 4.06. The van der Waals surface area contributed by atoms with Gasteiger partial charge in [0.2, 0.25) is 0 Å². The first-order chi connectivity index (χ1) is 11.0. The van der Waals surface area contributed by atoms with Crippen LogP contribution >= 0.6 is 0 Å². The van der Waals surface area contributed by atoms with Gasteiger partial charge in [0.25, 0.3) is 0 Å². The number of epoxide rings is 1. The van der Waals surface area contributed by atoms with Gasteiger partial charge in [0.1, 0.15) is 30.2 Å². The Bertz CT molecular complexity index is 514. The normalized spacial score (nSPS) is 32.0. The minimum Gasteiger partial charge on any atom is -0.497 e. The minimum absolute atomic E-state index is 0.00435. The molecule has 4 atom stereocenters. The Morgan fingerprint density at radius 3 is 2.43 bits per heavy atom. The first-order valence-corrected chi connectivity index (χ1v) is 7.85. The summed E-state index contributed by atoms with van der Waals surface area (Å²) in [6.45, 7) is 4.66. The summed E-state index contributed by atoms with van der Waals surface area (Å²) < 4.78 is 28.2. The fraction of sp³-hybridized carbons (Fsp3) is 0.647. The number of aliphatic hydroxyl groups excluding tert-OH is 1. The molecule has 23 heavy (non-hydrogen) atoms. The van der Waals surface area contributed by atoms with Crippen LogP contribution in [0, 0.1) is 0 Å². The van der Waals surface area contributed by atoms with Gasteiger partial charge in [-0.3, -0.25) is 0 Å². The van der Waals surface area contributed by atoms with Crippen molar-refractivity contribution in [3.63, 3.8) is 0 Å². The van der Waals surface area contributed by atoms with Gasteiger partial charge in [-0.1, -0.05) is 12.1 Å². The molecule has 0 unspecified atom stereocenters. The average molecular weight is 324 g/mol. The van der Waals surface area contributed by atoms with Crippen LogP contribution in [-0.2, 0) is 25.6 Å². The molecule has 2 aliphatic rings. The lowest BCUT2D eigenvalue weighted by atomic mass is 10.1. The van der Waals surface area contributed by atoms with Crippen molar-refractivity contribution in [2.75, 3.05) is 20.3 Å². The Balaban J connectivity index is 1.51. The van der Waals surface area contributed by atoms with Crippen molar-refractivity contribution in [1.29, 1.82) is 0 Å². The van der Waals surface area contributed by atoms with Gasteiger partial charge in [0.05, 0.1) is 26.9 Å². The molecule has 6 heteroatoms. The highest BCUT2D eigenvalue weighted by Crippen LogP contribution is 2.38. The van der Waals surface area contributed by atoms with Crippen LogP contribution in [0.4, 0.5) is 0 Å². The summed E-state index contributed by atoms with van der Waals surface area (Å²) in [7, 11) is 1.64. The van der Waals surface area contributed by atoms with E-state index < -0.39 is 5.79 Å². The minimum atomic E-state index is -0.662. The van der Waals surface area contributed by atoms with E-state index in [1.54, 1.807) is 7.11 Å². The molecular formula is C17H24O6. The fourth-order valence-corrected chi connectivity index (χ4v) is 2.88. The zero-order valence-corrected chi connectivity index (χ0v) is 13.7. The van der Waals surface area contributed by atoms with Crippen molar-refractivity contribution in [2.45, 2.75) is 50.7 Å². The molecule has 1 aromatic carbocycles. The monoisotopic (exact) mass is 324 g/mol. The Hall–Kier alpha value is -1.18. The van der Waals surface area contributed by atoms with E-state index in [2.05, 4.69) is 0 Å². The standard InChI is InChI=1S/C17H24O6/c1-17(2)22-14(16(23-17)15-13(8-18)21-15)10-20-9-11-4-6-12(19-3)7-5-11/h4-7,13-16,18H,8-10H2,1-3H3/t13-,14-,15+,16+/m0/s1. The van der Waals surface area contributed by atoms with E-state index >= 15 is 0 Å². The second-order valence-electron chi connectivity index (χ2n) is 6.32. The quantitative estimate of drug-likeness (QED) is 0.767. The van der Waals surface area contributed by atoms with Crippen molar-refractivity contribution in [3.05, 3.63) is 29.8 Å². The van der Waals surface area contributed by atoms with Crippen molar-refractivity contribution in [3.8, 4) is 5.75 Å². The highest BCUT2D eigenvalue weighted by atomic mass is 16.8. The van der Waals surface area contributed by atoms with Crippen LogP contribution in [0.15, 0.2) is 24.3 Å². The molecule has 128 valence electrons. The lowest BCUT2D eigenvalue weighted by Gasteiger charge is -2.16. The molecule has 2 fully saturated rings. The Morgan fingerprint density at radius 2 is 1.83 bits per heavy atom. The third-order valence-electron chi connectivity index (χ3n) is 4.06. The summed E-state index contributed by atoms with van der Waals surface area (Å²) in [5.41, 5.74) is 1.07. The second kappa shape index (κ2) is 6.75. The molecule has 2 saturated heterocycles. The number of hydrogen-bond acceptors (Lipinski definition) is 6. The van der Waals surface area contributed by atoms with Crippen LogP contribution in [0.1, 0.15) is 19.4 Å². The van der Waals surface area contributed by atoms with Crippen LogP contribution in [0.5, 0.6) is 5.75 Å². The van der Waals surface area contributed by atoms with Gasteiger partial charge < -0.3 is 28.8 Å². The van der Waals surface area contributed by atoms with E-state index in [9.17, 15) is 0 Å². The Morgan fingerprint density at radius 1 is 1.09 bits per heavy atom. The summed E-state index contributed by atoms with van der Waals surface area (Å²) in [5.74, 6) is 0.161. The first kappa shape index (κ1) is 16.7. The van der Waals surface area contributed by atoms with E-state index in [0.29, 0.717) is 13.2 Å². The molecule has 0 aromatic heterocycles. The largest absolute Gasteiger partial charge is 0.497 e. The number of ether oxygens (including phenoxy) is 5. The summed E-state index contributed by atoms with van der Waals surface area (Å²) >= 11 is 0. The van der Waals surface area contributed by atoms with Crippen molar-refractivity contribution in [2.24, 2.45) is 0 Å². The van der Waals surface area contributed by atoms with E-state index in [-0.39, 0.29) is 31.0 Å². The van der Waals surface area contributed by atoms with Gasteiger partial charge in [-0.2, -0.15) is 0 Å². The number of rotatable bonds is 7. The molecule has 0 radical (unpaired) electrons. The zero-order chi connectivity index (χ0) is 16.4. The van der Waals surface area contributed by atoms with Crippen LogP contribution in [0.3, 0.4) is 0 Å². The lowest BCUT2D eigenvalue weighted by molar-refractivity contribution is -0.152. The van der Waals surface area contributed by atoms with Crippen LogP contribution in [0.2, 0.25) is 0 Å². The highest BCUT2D eigenvalue weighted by Gasteiger charge is 2.54. The Kier molecular flexibility index (Phi) is 4.89. The molecule has 1 N–H and O–H groups in total. The molecule has 1 aromatic rings. The van der Waals surface area contributed by atoms with E-state index in [0.717, 1.165) is 11.3 Å². The van der Waals surface area contributed by atoms with Gasteiger partial charge in [-0.15, -0.1) is 0 Å². The fourth-order valence-electron chi connectivity index (χ4n) is 2.88. The maximum absolute atomic E-state index is 9.16.